The standard InChI is InChI=1S/C20H14N2O3/c23-19(16-11-14-6-2-4-8-18(14)25-20(16)24)21-12-15-10-9-13-5-1-3-7-17(13)22-15/h1-11H,12H2,(H,21,23). The first-order chi connectivity index (χ1) is 12.2. The van der Waals surface area contributed by atoms with Gasteiger partial charge in [0.25, 0.3) is 5.91 Å². The molecule has 4 rings (SSSR count). The third-order valence-electron chi connectivity index (χ3n) is 3.97. The Kier molecular flexibility index (Phi) is 3.74. The molecule has 4 aromatic rings. The molecule has 5 nitrogen and oxygen atoms in total. The number of amides is 1. The Morgan fingerprint density at radius 2 is 1.72 bits per heavy atom. The zero-order valence-corrected chi connectivity index (χ0v) is 13.2. The zero-order valence-electron chi connectivity index (χ0n) is 13.2. The van der Waals surface area contributed by atoms with E-state index in [2.05, 4.69) is 10.3 Å². The van der Waals surface area contributed by atoms with Crippen LogP contribution in [0.25, 0.3) is 21.9 Å². The summed E-state index contributed by atoms with van der Waals surface area (Å²) >= 11 is 0. The largest absolute Gasteiger partial charge is 0.422 e. The highest BCUT2D eigenvalue weighted by Gasteiger charge is 2.13. The second kappa shape index (κ2) is 6.20. The van der Waals surface area contributed by atoms with Gasteiger partial charge in [-0.25, -0.2) is 4.79 Å². The number of nitrogens with zero attached hydrogens (tertiary/aromatic N) is 1. The van der Waals surface area contributed by atoms with Gasteiger partial charge in [0.05, 0.1) is 17.8 Å². The molecular formula is C20H14N2O3. The number of para-hydroxylation sites is 2. The van der Waals surface area contributed by atoms with Crippen LogP contribution in [-0.4, -0.2) is 10.9 Å². The van der Waals surface area contributed by atoms with Crippen LogP contribution in [0.5, 0.6) is 0 Å². The van der Waals surface area contributed by atoms with Crippen molar-refractivity contribution in [3.05, 3.63) is 88.4 Å². The van der Waals surface area contributed by atoms with Crippen LogP contribution < -0.4 is 10.9 Å². The third-order valence-corrected chi connectivity index (χ3v) is 3.97. The lowest BCUT2D eigenvalue weighted by Gasteiger charge is -2.06. The number of benzene rings is 2. The summed E-state index contributed by atoms with van der Waals surface area (Å²) in [5.41, 5.74) is 1.37. The fourth-order valence-electron chi connectivity index (χ4n) is 2.69. The molecule has 0 spiro atoms. The lowest BCUT2D eigenvalue weighted by molar-refractivity contribution is 0.0947. The molecule has 0 aliphatic carbocycles. The van der Waals surface area contributed by atoms with Crippen molar-refractivity contribution in [2.24, 2.45) is 0 Å². The molecule has 25 heavy (non-hydrogen) atoms. The van der Waals surface area contributed by atoms with Gasteiger partial charge >= 0.3 is 5.63 Å². The van der Waals surface area contributed by atoms with Crippen molar-refractivity contribution in [2.75, 3.05) is 0 Å². The van der Waals surface area contributed by atoms with Crippen LogP contribution in [0.3, 0.4) is 0 Å². The second-order valence-electron chi connectivity index (χ2n) is 5.66. The van der Waals surface area contributed by atoms with Gasteiger partial charge in [-0.3, -0.25) is 9.78 Å². The van der Waals surface area contributed by atoms with Crippen molar-refractivity contribution in [3.8, 4) is 0 Å². The summed E-state index contributed by atoms with van der Waals surface area (Å²) < 4.78 is 5.19. The molecule has 0 atom stereocenters. The number of aromatic nitrogens is 1. The van der Waals surface area contributed by atoms with Crippen LogP contribution in [0, 0.1) is 0 Å². The van der Waals surface area contributed by atoms with Gasteiger partial charge in [-0.1, -0.05) is 42.5 Å². The molecule has 0 saturated heterocycles. The van der Waals surface area contributed by atoms with E-state index < -0.39 is 11.5 Å². The van der Waals surface area contributed by atoms with Crippen LogP contribution in [0.4, 0.5) is 0 Å². The zero-order chi connectivity index (χ0) is 17.2. The summed E-state index contributed by atoms with van der Waals surface area (Å²) in [5.74, 6) is -0.477. The SMILES string of the molecule is O=C(NCc1ccc2ccccc2n1)c1cc2ccccc2oc1=O. The van der Waals surface area contributed by atoms with Crippen molar-refractivity contribution in [2.45, 2.75) is 6.54 Å². The minimum Gasteiger partial charge on any atom is -0.422 e. The molecule has 122 valence electrons. The molecule has 0 bridgehead atoms. The molecule has 0 fully saturated rings. The van der Waals surface area contributed by atoms with E-state index in [0.717, 1.165) is 16.6 Å². The lowest BCUT2D eigenvalue weighted by Crippen LogP contribution is -2.28. The van der Waals surface area contributed by atoms with Gasteiger partial charge in [0.15, 0.2) is 0 Å². The molecule has 2 heterocycles. The monoisotopic (exact) mass is 330 g/mol. The van der Waals surface area contributed by atoms with Crippen molar-refractivity contribution in [1.29, 1.82) is 0 Å². The first-order valence-corrected chi connectivity index (χ1v) is 7.86. The van der Waals surface area contributed by atoms with Crippen LogP contribution in [0.15, 0.2) is 75.9 Å². The summed E-state index contributed by atoms with van der Waals surface area (Å²) in [6.45, 7) is 0.232. The number of hydrogen-bond acceptors (Lipinski definition) is 4. The van der Waals surface area contributed by atoms with Crippen LogP contribution >= 0.6 is 0 Å². The summed E-state index contributed by atoms with van der Waals surface area (Å²) in [4.78, 5) is 28.9. The van der Waals surface area contributed by atoms with E-state index in [4.69, 9.17) is 4.42 Å². The van der Waals surface area contributed by atoms with E-state index in [9.17, 15) is 9.59 Å². The predicted octanol–water partition coefficient (Wildman–Crippen LogP) is 3.27. The maximum atomic E-state index is 12.3. The van der Waals surface area contributed by atoms with E-state index in [-0.39, 0.29) is 12.1 Å². The Morgan fingerprint density at radius 3 is 2.60 bits per heavy atom. The fraction of sp³-hybridized carbons (Fsp3) is 0.0500. The van der Waals surface area contributed by atoms with Crippen LogP contribution in [0.1, 0.15) is 16.1 Å². The summed E-state index contributed by atoms with van der Waals surface area (Å²) in [5, 5.41) is 4.46. The van der Waals surface area contributed by atoms with Gasteiger partial charge in [-0.2, -0.15) is 0 Å². The van der Waals surface area contributed by atoms with E-state index in [0.29, 0.717) is 11.0 Å². The summed E-state index contributed by atoms with van der Waals surface area (Å²) in [6.07, 6.45) is 0. The minimum atomic E-state index is -0.650. The van der Waals surface area contributed by atoms with E-state index in [1.165, 1.54) is 0 Å². The Bertz CT molecular complexity index is 1150. The second-order valence-corrected chi connectivity index (χ2v) is 5.66. The normalized spacial score (nSPS) is 10.9. The molecule has 0 saturated carbocycles. The molecule has 1 amide bonds. The number of fused-ring (bicyclic) bond motifs is 2. The van der Waals surface area contributed by atoms with Crippen LogP contribution in [-0.2, 0) is 6.54 Å². The highest BCUT2D eigenvalue weighted by molar-refractivity contribution is 5.96. The number of hydrogen-bond donors (Lipinski definition) is 1. The Balaban J connectivity index is 1.57. The number of rotatable bonds is 3. The third kappa shape index (κ3) is 2.99. The average molecular weight is 330 g/mol. The number of nitrogens with one attached hydrogen (secondary N) is 1. The predicted molar refractivity (Wildman–Crippen MR) is 95.4 cm³/mol. The Labute approximate surface area is 142 Å². The molecule has 2 aromatic carbocycles. The number of pyridine rings is 1. The maximum absolute atomic E-state index is 12.3. The molecule has 0 radical (unpaired) electrons. The quantitative estimate of drug-likeness (QED) is 0.585. The maximum Gasteiger partial charge on any atom is 0.349 e. The minimum absolute atomic E-state index is 0.0144. The molecule has 5 heteroatoms. The van der Waals surface area contributed by atoms with Gasteiger partial charge in [-0.15, -0.1) is 0 Å². The van der Waals surface area contributed by atoms with Crippen LogP contribution in [0.2, 0.25) is 0 Å². The first-order valence-electron chi connectivity index (χ1n) is 7.86. The van der Waals surface area contributed by atoms with E-state index in [1.54, 1.807) is 24.3 Å². The Morgan fingerprint density at radius 1 is 0.960 bits per heavy atom. The molecule has 1 N–H and O–H groups in total. The smallest absolute Gasteiger partial charge is 0.349 e. The molecular weight excluding hydrogens is 316 g/mol. The number of carbonyl (C=O) groups is 1. The van der Waals surface area contributed by atoms with E-state index in [1.807, 2.05) is 42.5 Å². The van der Waals surface area contributed by atoms with Crippen molar-refractivity contribution >= 4 is 27.8 Å². The molecule has 0 aliphatic rings. The highest BCUT2D eigenvalue weighted by atomic mass is 16.4. The van der Waals surface area contributed by atoms with Gasteiger partial charge in [-0.05, 0) is 24.3 Å². The van der Waals surface area contributed by atoms with Gasteiger partial charge < -0.3 is 9.73 Å². The van der Waals surface area contributed by atoms with E-state index >= 15 is 0 Å². The van der Waals surface area contributed by atoms with Crippen molar-refractivity contribution in [3.63, 3.8) is 0 Å². The van der Waals surface area contributed by atoms with Gasteiger partial charge in [0.1, 0.15) is 11.1 Å². The lowest BCUT2D eigenvalue weighted by atomic mass is 10.1. The molecule has 0 unspecified atom stereocenters. The number of carbonyl (C=O) groups excluding carboxylic acids is 1. The van der Waals surface area contributed by atoms with Crippen molar-refractivity contribution in [1.82, 2.24) is 10.3 Å². The molecule has 2 aromatic heterocycles. The highest BCUT2D eigenvalue weighted by Crippen LogP contribution is 2.13. The summed E-state index contributed by atoms with van der Waals surface area (Å²) in [7, 11) is 0. The topological polar surface area (TPSA) is 72.2 Å². The summed E-state index contributed by atoms with van der Waals surface area (Å²) in [6, 6.07) is 20.2. The Hall–Kier alpha value is -3.47. The first kappa shape index (κ1) is 15.1. The van der Waals surface area contributed by atoms with Gasteiger partial charge in [0.2, 0.25) is 0 Å². The van der Waals surface area contributed by atoms with Crippen molar-refractivity contribution < 1.29 is 9.21 Å². The van der Waals surface area contributed by atoms with Gasteiger partial charge in [0, 0.05) is 10.8 Å². The average Bonchev–Trinajstić information content (AvgIpc) is 2.65. The fourth-order valence-corrected chi connectivity index (χ4v) is 2.69. The molecule has 0 aliphatic heterocycles.